The van der Waals surface area contributed by atoms with Gasteiger partial charge in [0.2, 0.25) is 0 Å². The number of hydrogen-bond donors (Lipinski definition) is 0. The fourth-order valence-corrected chi connectivity index (χ4v) is 16.5. The predicted molar refractivity (Wildman–Crippen MR) is 528 cm³/mol. The number of aromatic nitrogens is 14. The molecular weight excluding hydrogens is 1590 g/mol. The highest BCUT2D eigenvalue weighted by Gasteiger charge is 2.21. The fourth-order valence-electron chi connectivity index (χ4n) is 16.5. The Morgan fingerprint density at radius 3 is 0.946 bits per heavy atom. The van der Waals surface area contributed by atoms with Crippen LogP contribution in [0.4, 0.5) is 0 Å². The van der Waals surface area contributed by atoms with Crippen LogP contribution in [-0.4, -0.2) is 69.8 Å². The molecule has 0 N–H and O–H groups in total. The van der Waals surface area contributed by atoms with Gasteiger partial charge < -0.3 is 0 Å². The molecule has 0 radical (unpaired) electrons. The van der Waals surface area contributed by atoms with Crippen LogP contribution in [0.2, 0.25) is 0 Å². The van der Waals surface area contributed by atoms with Gasteiger partial charge in [0.15, 0.2) is 40.8 Å². The highest BCUT2D eigenvalue weighted by atomic mass is 15.1. The van der Waals surface area contributed by atoms with Gasteiger partial charge in [0.25, 0.3) is 0 Å². The summed E-state index contributed by atoms with van der Waals surface area (Å²) < 4.78 is 0. The number of aryl methyl sites for hydroxylation is 6. The van der Waals surface area contributed by atoms with Crippen LogP contribution in [0.5, 0.6) is 0 Å². The van der Waals surface area contributed by atoms with E-state index in [0.717, 1.165) is 163 Å². The van der Waals surface area contributed by atoms with Crippen molar-refractivity contribution in [3.8, 4) is 181 Å². The van der Waals surface area contributed by atoms with Crippen molar-refractivity contribution in [3.05, 3.63) is 435 Å². The van der Waals surface area contributed by atoms with Gasteiger partial charge >= 0.3 is 0 Å². The van der Waals surface area contributed by atoms with Gasteiger partial charge in [-0.3, -0.25) is 15.0 Å². The molecule has 0 aliphatic carbocycles. The molecule has 618 valence electrons. The van der Waals surface area contributed by atoms with E-state index in [9.17, 15) is 0 Å². The van der Waals surface area contributed by atoms with Crippen LogP contribution in [0.25, 0.3) is 213 Å². The summed E-state index contributed by atoms with van der Waals surface area (Å²) in [5, 5.41) is 7.64. The molecule has 130 heavy (non-hydrogen) atoms. The molecule has 0 spiro atoms. The lowest BCUT2D eigenvalue weighted by Gasteiger charge is -2.15. The summed E-state index contributed by atoms with van der Waals surface area (Å²) >= 11 is 0. The minimum absolute atomic E-state index is 0.535. The van der Waals surface area contributed by atoms with Gasteiger partial charge in [0.05, 0.1) is 28.5 Å². The van der Waals surface area contributed by atoms with E-state index in [1.54, 1.807) is 0 Å². The molecule has 22 aromatic rings. The first-order chi connectivity index (χ1) is 63.8. The number of nitrogens with zero attached hydrogens (tertiary/aromatic N) is 14. The molecule has 14 nitrogen and oxygen atoms in total. The Bertz CT molecular complexity index is 7610. The number of rotatable bonds is 16. The van der Waals surface area contributed by atoms with E-state index in [1.165, 1.54) is 37.9 Å². The van der Waals surface area contributed by atoms with Gasteiger partial charge in [-0.15, -0.1) is 0 Å². The zero-order chi connectivity index (χ0) is 88.0. The van der Waals surface area contributed by atoms with Gasteiger partial charge in [-0.2, -0.15) is 0 Å². The topological polar surface area (TPSA) is 180 Å². The van der Waals surface area contributed by atoms with E-state index >= 15 is 0 Å². The van der Waals surface area contributed by atoms with E-state index in [1.807, 2.05) is 212 Å². The van der Waals surface area contributed by atoms with Crippen LogP contribution in [-0.2, 0) is 0 Å². The SMILES string of the molecule is Cc1cc(-c2ccc(-c3cc(-c4cc5ccc6cccc7ccc(c4)c5c67)cc(-c4cc(-c5ccccc5)nc(-c5ccccc5)n4)c3)cc2)nc(C)n1.Cc1ccc(-c2cccc(-c3nc(-c4ccccc4)nc(-c4ccc(-c5ccccc5)cc4)n3)c2)cn1.Cc1cccc(-c2ccc(-c3nc(-c4ccc(-c5cccc(C)n5)cc4)nc(-c4cccc(C)n4)n3)cc2)n1. The summed E-state index contributed by atoms with van der Waals surface area (Å²) in [4.78, 5) is 67.1. The number of hydrogen-bond acceptors (Lipinski definition) is 14. The summed E-state index contributed by atoms with van der Waals surface area (Å²) in [5.74, 6) is 5.11. The van der Waals surface area contributed by atoms with Crippen LogP contribution >= 0.6 is 0 Å². The van der Waals surface area contributed by atoms with Crippen LogP contribution in [0.15, 0.2) is 401 Å². The van der Waals surface area contributed by atoms with Gasteiger partial charge in [-0.25, -0.2) is 54.8 Å². The molecule has 0 saturated heterocycles. The Morgan fingerprint density at radius 2 is 0.454 bits per heavy atom. The van der Waals surface area contributed by atoms with Crippen molar-refractivity contribution < 1.29 is 0 Å². The molecule has 0 amide bonds. The van der Waals surface area contributed by atoms with Crippen LogP contribution in [0, 0.1) is 41.5 Å². The maximum atomic E-state index is 5.23. The second-order valence-corrected chi connectivity index (χ2v) is 32.4. The minimum Gasteiger partial charge on any atom is -0.261 e. The smallest absolute Gasteiger partial charge is 0.182 e. The average molecular weight is 1670 g/mol. The van der Waals surface area contributed by atoms with Crippen molar-refractivity contribution in [3.63, 3.8) is 0 Å². The monoisotopic (exact) mass is 1670 g/mol. The lowest BCUT2D eigenvalue weighted by atomic mass is 9.89. The second kappa shape index (κ2) is 36.2. The van der Waals surface area contributed by atoms with Crippen molar-refractivity contribution in [1.29, 1.82) is 0 Å². The van der Waals surface area contributed by atoms with Crippen molar-refractivity contribution in [2.75, 3.05) is 0 Å². The molecule has 0 fully saturated rings. The second-order valence-electron chi connectivity index (χ2n) is 32.4. The van der Waals surface area contributed by atoms with Gasteiger partial charge in [-0.05, 0) is 204 Å². The molecule has 8 aromatic heterocycles. The highest BCUT2D eigenvalue weighted by Crippen LogP contribution is 2.42. The lowest BCUT2D eigenvalue weighted by Crippen LogP contribution is -2.01. The zero-order valence-electron chi connectivity index (χ0n) is 72.4. The summed E-state index contributed by atoms with van der Waals surface area (Å²) in [6, 6.07) is 136. The molecule has 14 aromatic carbocycles. The molecule has 0 aliphatic heterocycles. The van der Waals surface area contributed by atoms with E-state index in [-0.39, 0.29) is 0 Å². The third kappa shape index (κ3) is 18.0. The van der Waals surface area contributed by atoms with Crippen molar-refractivity contribution in [1.82, 2.24) is 69.8 Å². The fraction of sp³-hybridized carbons (Fsp3) is 0.0517. The van der Waals surface area contributed by atoms with Crippen molar-refractivity contribution in [2.24, 2.45) is 0 Å². The molecule has 22 rings (SSSR count). The van der Waals surface area contributed by atoms with Crippen LogP contribution in [0.3, 0.4) is 0 Å². The van der Waals surface area contributed by atoms with Crippen molar-refractivity contribution in [2.45, 2.75) is 41.5 Å². The van der Waals surface area contributed by atoms with Gasteiger partial charge in [0.1, 0.15) is 11.5 Å². The lowest BCUT2D eigenvalue weighted by molar-refractivity contribution is 1.02. The van der Waals surface area contributed by atoms with E-state index < -0.39 is 0 Å². The molecular formula is C116H84N14. The maximum Gasteiger partial charge on any atom is 0.182 e. The van der Waals surface area contributed by atoms with Gasteiger partial charge in [-0.1, -0.05) is 303 Å². The molecule has 8 heterocycles. The maximum absolute atomic E-state index is 5.23. The van der Waals surface area contributed by atoms with E-state index in [0.29, 0.717) is 46.5 Å². The molecule has 0 aliphatic rings. The number of benzene rings is 14. The molecule has 14 heteroatoms. The summed E-state index contributed by atoms with van der Waals surface area (Å²) in [7, 11) is 0. The Labute approximate surface area is 754 Å². The average Bonchev–Trinajstić information content (AvgIpc) is 0.736. The molecule has 0 saturated carbocycles. The van der Waals surface area contributed by atoms with Crippen molar-refractivity contribution >= 4 is 32.3 Å². The largest absolute Gasteiger partial charge is 0.261 e. The number of pyridine rings is 4. The minimum atomic E-state index is 0.535. The molecule has 0 atom stereocenters. The summed E-state index contributed by atoms with van der Waals surface area (Å²) in [5.41, 5.74) is 29.9. The Kier molecular flexibility index (Phi) is 22.6. The summed E-state index contributed by atoms with van der Waals surface area (Å²) in [6.45, 7) is 11.9. The third-order valence-electron chi connectivity index (χ3n) is 23.0. The van der Waals surface area contributed by atoms with Crippen LogP contribution < -0.4 is 0 Å². The van der Waals surface area contributed by atoms with Crippen LogP contribution in [0.1, 0.15) is 34.3 Å². The van der Waals surface area contributed by atoms with E-state index in [2.05, 4.69) is 255 Å². The third-order valence-corrected chi connectivity index (χ3v) is 23.0. The Hall–Kier alpha value is -17.1. The first-order valence-corrected chi connectivity index (χ1v) is 43.3. The standard InChI is InChI=1S/C50H34N4.C33H26N6.C33H24N4/c1-31-24-45(52-32(2)51-31)35-18-16-33(17-19-35)41-27-43(42-25-39-22-20-36-14-9-15-37-21-23-40(26-42)49(39)48(36)37)29-44(28-41)47-30-46(34-10-5-3-6-11-34)53-50(54-47)38-12-7-4-8-13-38;1-21-7-4-10-28(34-21)24-13-17-26(18-14-24)31-37-32(39-33(38-31)30-12-6-9-23(3)36-30)27-19-15-25(16-20-27)29-11-5-8-22(2)35-29;1-23-15-16-30(22-34-23)28-13-8-14-29(21-28)33-36-31(26-11-6-3-7-12-26)35-32(37-33)27-19-17-25(18-20-27)24-9-4-2-5-10-24/h3-30H,1-2H3;4-20H,1-3H3;2-22H,1H3. The quantitative estimate of drug-likeness (QED) is 0.0834. The molecule has 0 bridgehead atoms. The first kappa shape index (κ1) is 81.3. The Balaban J connectivity index is 0.000000125. The zero-order valence-corrected chi connectivity index (χ0v) is 72.4. The predicted octanol–water partition coefficient (Wildman–Crippen LogP) is 28.0. The first-order valence-electron chi connectivity index (χ1n) is 43.3. The normalized spacial score (nSPS) is 11.2. The van der Waals surface area contributed by atoms with E-state index in [4.69, 9.17) is 44.9 Å². The summed E-state index contributed by atoms with van der Waals surface area (Å²) in [6.07, 6.45) is 1.90. The Morgan fingerprint density at radius 1 is 0.138 bits per heavy atom. The highest BCUT2D eigenvalue weighted by molar-refractivity contribution is 6.24. The molecule has 0 unspecified atom stereocenters. The van der Waals surface area contributed by atoms with Gasteiger partial charge in [0, 0.05) is 101 Å².